The lowest BCUT2D eigenvalue weighted by atomic mass is 9.92. The summed E-state index contributed by atoms with van der Waals surface area (Å²) in [6.07, 6.45) is 8.71. The van der Waals surface area contributed by atoms with Gasteiger partial charge in [-0.1, -0.05) is 45.8 Å². The average Bonchev–Trinajstić information content (AvgIpc) is 2.44. The number of hydrogen-bond acceptors (Lipinski definition) is 2. The van der Waals surface area contributed by atoms with Gasteiger partial charge in [0.15, 0.2) is 0 Å². The standard InChI is InChI=1S/C19H36N2/c1-8-11-12-13-19(20-10-3)16(6)17(7)21-18(9-2)14-15(4)5/h10,16-18,21H,3-4,8-9,11-14H2,1-2,5-7H3. The fourth-order valence-corrected chi connectivity index (χ4v) is 2.63. The van der Waals surface area contributed by atoms with E-state index in [2.05, 4.69) is 58.1 Å². The Hall–Kier alpha value is -0.890. The first kappa shape index (κ1) is 20.1. The lowest BCUT2D eigenvalue weighted by molar-refractivity contribution is 0.391. The third kappa shape index (κ3) is 8.87. The molecule has 122 valence electrons. The minimum absolute atomic E-state index is 0.426. The van der Waals surface area contributed by atoms with Gasteiger partial charge in [0.2, 0.25) is 0 Å². The maximum atomic E-state index is 4.53. The van der Waals surface area contributed by atoms with Crippen LogP contribution in [-0.2, 0) is 0 Å². The van der Waals surface area contributed by atoms with Gasteiger partial charge in [-0.25, -0.2) is 0 Å². The molecule has 0 aliphatic rings. The zero-order valence-corrected chi connectivity index (χ0v) is 14.9. The van der Waals surface area contributed by atoms with E-state index in [-0.39, 0.29) is 0 Å². The van der Waals surface area contributed by atoms with E-state index in [9.17, 15) is 0 Å². The highest BCUT2D eigenvalue weighted by molar-refractivity contribution is 5.87. The number of unbranched alkanes of at least 4 members (excludes halogenated alkanes) is 2. The summed E-state index contributed by atoms with van der Waals surface area (Å²) in [5.41, 5.74) is 2.53. The fraction of sp³-hybridized carbons (Fsp3) is 0.737. The van der Waals surface area contributed by atoms with E-state index in [0.717, 1.165) is 19.3 Å². The highest BCUT2D eigenvalue weighted by Crippen LogP contribution is 2.15. The molecule has 0 saturated heterocycles. The molecule has 0 bridgehead atoms. The third-order valence-corrected chi connectivity index (χ3v) is 4.16. The minimum Gasteiger partial charge on any atom is -0.311 e. The third-order valence-electron chi connectivity index (χ3n) is 4.16. The van der Waals surface area contributed by atoms with Crippen LogP contribution >= 0.6 is 0 Å². The van der Waals surface area contributed by atoms with Gasteiger partial charge in [-0.3, -0.25) is 4.99 Å². The monoisotopic (exact) mass is 292 g/mol. The van der Waals surface area contributed by atoms with E-state index < -0.39 is 0 Å². The zero-order chi connectivity index (χ0) is 16.3. The molecule has 2 nitrogen and oxygen atoms in total. The van der Waals surface area contributed by atoms with Crippen molar-refractivity contribution in [2.75, 3.05) is 0 Å². The molecular formula is C19H36N2. The first-order valence-corrected chi connectivity index (χ1v) is 8.54. The van der Waals surface area contributed by atoms with E-state index in [1.165, 1.54) is 30.5 Å². The Labute approximate surface area is 132 Å². The summed E-state index contributed by atoms with van der Waals surface area (Å²) in [5.74, 6) is 0.444. The quantitative estimate of drug-likeness (QED) is 0.286. The summed E-state index contributed by atoms with van der Waals surface area (Å²) >= 11 is 0. The lowest BCUT2D eigenvalue weighted by Gasteiger charge is -2.28. The SMILES string of the molecule is C=CN=C(CCCCC)C(C)C(C)NC(CC)CC(=C)C. The normalized spacial score (nSPS) is 16.3. The van der Waals surface area contributed by atoms with Crippen LogP contribution in [-0.4, -0.2) is 17.8 Å². The molecule has 0 radical (unpaired) electrons. The molecule has 0 aliphatic carbocycles. The first-order valence-electron chi connectivity index (χ1n) is 8.54. The van der Waals surface area contributed by atoms with Gasteiger partial charge in [-0.05, 0) is 39.5 Å². The molecule has 0 spiro atoms. The summed E-state index contributed by atoms with van der Waals surface area (Å²) < 4.78 is 0. The highest BCUT2D eigenvalue weighted by atomic mass is 15.0. The summed E-state index contributed by atoms with van der Waals surface area (Å²) in [4.78, 5) is 4.53. The second-order valence-electron chi connectivity index (χ2n) is 6.27. The van der Waals surface area contributed by atoms with Crippen LogP contribution in [0.1, 0.15) is 73.1 Å². The van der Waals surface area contributed by atoms with Crippen LogP contribution in [0.5, 0.6) is 0 Å². The Morgan fingerprint density at radius 2 is 1.90 bits per heavy atom. The summed E-state index contributed by atoms with van der Waals surface area (Å²) in [5, 5.41) is 3.75. The predicted octanol–water partition coefficient (Wildman–Crippen LogP) is 5.51. The summed E-state index contributed by atoms with van der Waals surface area (Å²) in [7, 11) is 0. The van der Waals surface area contributed by atoms with Crippen LogP contribution < -0.4 is 5.32 Å². The van der Waals surface area contributed by atoms with Crippen molar-refractivity contribution >= 4 is 5.71 Å². The Kier molecular flexibility index (Phi) is 11.2. The van der Waals surface area contributed by atoms with Gasteiger partial charge in [0.1, 0.15) is 0 Å². The molecule has 0 saturated carbocycles. The fourth-order valence-electron chi connectivity index (χ4n) is 2.63. The van der Waals surface area contributed by atoms with Gasteiger partial charge < -0.3 is 5.32 Å². The Balaban J connectivity index is 4.60. The molecule has 0 aliphatic heterocycles. The van der Waals surface area contributed by atoms with Crippen molar-refractivity contribution in [1.29, 1.82) is 0 Å². The first-order chi connectivity index (χ1) is 9.96. The molecule has 21 heavy (non-hydrogen) atoms. The van der Waals surface area contributed by atoms with Gasteiger partial charge in [0.05, 0.1) is 0 Å². The molecule has 0 aromatic carbocycles. The van der Waals surface area contributed by atoms with E-state index in [0.29, 0.717) is 18.0 Å². The molecule has 2 heteroatoms. The van der Waals surface area contributed by atoms with Crippen molar-refractivity contribution < 1.29 is 0 Å². The largest absolute Gasteiger partial charge is 0.311 e. The number of rotatable bonds is 12. The van der Waals surface area contributed by atoms with Crippen LogP contribution in [0.25, 0.3) is 0 Å². The van der Waals surface area contributed by atoms with E-state index in [1.807, 2.05) is 0 Å². The van der Waals surface area contributed by atoms with E-state index in [1.54, 1.807) is 6.20 Å². The van der Waals surface area contributed by atoms with Gasteiger partial charge in [-0.2, -0.15) is 0 Å². The van der Waals surface area contributed by atoms with Crippen LogP contribution in [0.15, 0.2) is 29.9 Å². The van der Waals surface area contributed by atoms with Crippen molar-refractivity contribution in [2.24, 2.45) is 10.9 Å². The average molecular weight is 293 g/mol. The molecule has 0 rings (SSSR count). The Morgan fingerprint density at radius 3 is 2.38 bits per heavy atom. The predicted molar refractivity (Wildman–Crippen MR) is 97.0 cm³/mol. The minimum atomic E-state index is 0.426. The molecular weight excluding hydrogens is 256 g/mol. The van der Waals surface area contributed by atoms with Crippen molar-refractivity contribution in [2.45, 2.75) is 85.2 Å². The maximum Gasteiger partial charge on any atom is 0.0222 e. The van der Waals surface area contributed by atoms with Crippen molar-refractivity contribution in [1.82, 2.24) is 5.32 Å². The van der Waals surface area contributed by atoms with E-state index in [4.69, 9.17) is 0 Å². The number of nitrogens with one attached hydrogen (secondary N) is 1. The van der Waals surface area contributed by atoms with Crippen LogP contribution in [0.4, 0.5) is 0 Å². The van der Waals surface area contributed by atoms with Gasteiger partial charge >= 0.3 is 0 Å². The number of hydrogen-bond donors (Lipinski definition) is 1. The van der Waals surface area contributed by atoms with Crippen molar-refractivity contribution in [3.05, 3.63) is 24.9 Å². The topological polar surface area (TPSA) is 24.4 Å². The molecule has 0 heterocycles. The molecule has 0 aromatic rings. The van der Waals surface area contributed by atoms with Gasteiger partial charge in [0, 0.05) is 29.9 Å². The molecule has 3 unspecified atom stereocenters. The van der Waals surface area contributed by atoms with Crippen LogP contribution in [0.3, 0.4) is 0 Å². The zero-order valence-electron chi connectivity index (χ0n) is 14.9. The summed E-state index contributed by atoms with van der Waals surface area (Å²) in [6.45, 7) is 18.9. The van der Waals surface area contributed by atoms with Crippen molar-refractivity contribution in [3.63, 3.8) is 0 Å². The van der Waals surface area contributed by atoms with Crippen LogP contribution in [0.2, 0.25) is 0 Å². The summed E-state index contributed by atoms with van der Waals surface area (Å²) in [6, 6.07) is 0.940. The Morgan fingerprint density at radius 1 is 1.24 bits per heavy atom. The van der Waals surface area contributed by atoms with Crippen LogP contribution in [0, 0.1) is 5.92 Å². The smallest absolute Gasteiger partial charge is 0.0222 e. The number of nitrogens with zero attached hydrogens (tertiary/aromatic N) is 1. The van der Waals surface area contributed by atoms with Crippen molar-refractivity contribution in [3.8, 4) is 0 Å². The molecule has 0 amide bonds. The second-order valence-corrected chi connectivity index (χ2v) is 6.27. The lowest BCUT2D eigenvalue weighted by Crippen LogP contribution is -2.42. The highest BCUT2D eigenvalue weighted by Gasteiger charge is 2.20. The molecule has 0 fully saturated rings. The van der Waals surface area contributed by atoms with E-state index >= 15 is 0 Å². The number of aliphatic imine (C=N–C) groups is 1. The van der Waals surface area contributed by atoms with Gasteiger partial charge in [-0.15, -0.1) is 6.58 Å². The molecule has 0 aromatic heterocycles. The molecule has 3 atom stereocenters. The molecule has 1 N–H and O–H groups in total. The second kappa shape index (κ2) is 11.7. The van der Waals surface area contributed by atoms with Gasteiger partial charge in [0.25, 0.3) is 0 Å². The Bertz CT molecular complexity index is 330. The maximum absolute atomic E-state index is 4.53.